The van der Waals surface area contributed by atoms with E-state index in [-0.39, 0.29) is 5.91 Å². The van der Waals surface area contributed by atoms with Gasteiger partial charge in [0.05, 0.1) is 35.0 Å². The van der Waals surface area contributed by atoms with Crippen LogP contribution in [0.1, 0.15) is 16.9 Å². The second-order valence-corrected chi connectivity index (χ2v) is 7.48. The number of amides is 1. The minimum atomic E-state index is -0.250. The third-order valence-corrected chi connectivity index (χ3v) is 5.91. The Labute approximate surface area is 158 Å². The molecule has 3 aromatic heterocycles. The number of nitrogens with zero attached hydrogens (tertiary/aromatic N) is 4. The predicted molar refractivity (Wildman–Crippen MR) is 102 cm³/mol. The van der Waals surface area contributed by atoms with E-state index >= 15 is 0 Å². The van der Waals surface area contributed by atoms with Crippen LogP contribution in [0.25, 0.3) is 5.52 Å². The van der Waals surface area contributed by atoms with E-state index in [2.05, 4.69) is 31.7 Å². The Kier molecular flexibility index (Phi) is 3.61. The Balaban J connectivity index is 1.48. The zero-order valence-electron chi connectivity index (χ0n) is 13.6. The van der Waals surface area contributed by atoms with Gasteiger partial charge in [0.15, 0.2) is 0 Å². The highest BCUT2D eigenvalue weighted by Crippen LogP contribution is 2.27. The molecule has 3 aliphatic rings. The zero-order chi connectivity index (χ0) is 17.7. The van der Waals surface area contributed by atoms with Gasteiger partial charge in [-0.25, -0.2) is 9.50 Å². The van der Waals surface area contributed by atoms with Crippen LogP contribution in [0.3, 0.4) is 0 Å². The fraction of sp³-hybridized carbons (Fsp3) is 0.235. The standard InChI is InChI=1S/C17H15ClN6OS/c18-13-8-26-9-14(13)21-16(25)15-4-3-12-6-20-17(22-24(12)15)23-7-10-1-2-11(23)5-19-10/h1,3-4,6,8-9,11,19H,2,5,7H2,(H,21,25)/t11-/m0/s1. The van der Waals surface area contributed by atoms with Gasteiger partial charge in [-0.1, -0.05) is 17.7 Å². The maximum atomic E-state index is 12.7. The Morgan fingerprint density at radius 2 is 2.31 bits per heavy atom. The van der Waals surface area contributed by atoms with Crippen molar-refractivity contribution in [2.45, 2.75) is 12.5 Å². The third-order valence-electron chi connectivity index (χ3n) is 4.72. The van der Waals surface area contributed by atoms with Gasteiger partial charge in [-0.05, 0) is 18.6 Å². The quantitative estimate of drug-likeness (QED) is 0.724. The molecule has 3 aromatic rings. The van der Waals surface area contributed by atoms with E-state index in [1.54, 1.807) is 22.2 Å². The fourth-order valence-electron chi connectivity index (χ4n) is 3.34. The van der Waals surface area contributed by atoms with Crippen molar-refractivity contribution in [2.24, 2.45) is 0 Å². The van der Waals surface area contributed by atoms with Gasteiger partial charge in [-0.2, -0.15) is 0 Å². The van der Waals surface area contributed by atoms with E-state index in [0.717, 1.165) is 25.0 Å². The molecule has 1 saturated heterocycles. The molecule has 132 valence electrons. The summed E-state index contributed by atoms with van der Waals surface area (Å²) in [6.07, 6.45) is 4.96. The van der Waals surface area contributed by atoms with Crippen LogP contribution in [0, 0.1) is 0 Å². The van der Waals surface area contributed by atoms with E-state index in [1.165, 1.54) is 17.0 Å². The minimum absolute atomic E-state index is 0.250. The second kappa shape index (κ2) is 6.00. The number of rotatable bonds is 3. The highest BCUT2D eigenvalue weighted by atomic mass is 35.5. The van der Waals surface area contributed by atoms with Gasteiger partial charge in [-0.15, -0.1) is 16.4 Å². The summed E-state index contributed by atoms with van der Waals surface area (Å²) < 4.78 is 1.64. The summed E-state index contributed by atoms with van der Waals surface area (Å²) in [4.78, 5) is 19.4. The SMILES string of the molecule is O=C(Nc1cscc1Cl)c1ccc2cnc(N3CC4=CC[C@H]3CN4)nn12. The first kappa shape index (κ1) is 15.7. The molecule has 0 saturated carbocycles. The first-order valence-corrected chi connectivity index (χ1v) is 9.58. The largest absolute Gasteiger partial charge is 0.385 e. The molecule has 1 fully saturated rings. The molecule has 9 heteroatoms. The first-order valence-electron chi connectivity index (χ1n) is 8.26. The smallest absolute Gasteiger partial charge is 0.274 e. The number of thiophene rings is 1. The molecule has 0 radical (unpaired) electrons. The first-order chi connectivity index (χ1) is 12.7. The van der Waals surface area contributed by atoms with E-state index < -0.39 is 0 Å². The van der Waals surface area contributed by atoms with Crippen molar-refractivity contribution in [3.05, 3.63) is 51.6 Å². The fourth-order valence-corrected chi connectivity index (χ4v) is 4.30. The third kappa shape index (κ3) is 2.53. The van der Waals surface area contributed by atoms with E-state index in [4.69, 9.17) is 11.6 Å². The molecular weight excluding hydrogens is 372 g/mol. The Hall–Kier alpha value is -2.58. The van der Waals surface area contributed by atoms with Crippen molar-refractivity contribution in [1.82, 2.24) is 19.9 Å². The van der Waals surface area contributed by atoms with Crippen LogP contribution in [0.4, 0.5) is 11.6 Å². The molecule has 6 rings (SSSR count). The number of hydrogen-bond donors (Lipinski definition) is 2. The summed E-state index contributed by atoms with van der Waals surface area (Å²) in [6.45, 7) is 1.66. The van der Waals surface area contributed by atoms with Gasteiger partial charge >= 0.3 is 0 Å². The molecule has 0 unspecified atom stereocenters. The maximum absolute atomic E-state index is 12.7. The van der Waals surface area contributed by atoms with Crippen molar-refractivity contribution in [2.75, 3.05) is 23.3 Å². The van der Waals surface area contributed by atoms with Gasteiger partial charge in [0, 0.05) is 23.0 Å². The highest BCUT2D eigenvalue weighted by molar-refractivity contribution is 7.09. The van der Waals surface area contributed by atoms with Gasteiger partial charge in [0.2, 0.25) is 5.95 Å². The van der Waals surface area contributed by atoms with E-state index in [9.17, 15) is 4.79 Å². The lowest BCUT2D eigenvalue weighted by Crippen LogP contribution is -2.53. The molecule has 26 heavy (non-hydrogen) atoms. The van der Waals surface area contributed by atoms with E-state index in [0.29, 0.717) is 28.4 Å². The molecule has 1 amide bonds. The molecule has 6 heterocycles. The van der Waals surface area contributed by atoms with E-state index in [1.807, 2.05) is 11.4 Å². The van der Waals surface area contributed by atoms with Crippen LogP contribution in [-0.4, -0.2) is 39.6 Å². The van der Waals surface area contributed by atoms with Crippen LogP contribution in [0.2, 0.25) is 5.02 Å². The summed E-state index contributed by atoms with van der Waals surface area (Å²) in [6, 6.07) is 3.92. The molecule has 7 nitrogen and oxygen atoms in total. The number of nitrogens with one attached hydrogen (secondary N) is 2. The molecule has 0 spiro atoms. The average molecular weight is 387 g/mol. The Morgan fingerprint density at radius 1 is 1.38 bits per heavy atom. The monoisotopic (exact) mass is 386 g/mol. The number of hydrogen-bond acceptors (Lipinski definition) is 6. The molecule has 2 N–H and O–H groups in total. The summed E-state index contributed by atoms with van der Waals surface area (Å²) in [7, 11) is 0. The van der Waals surface area contributed by atoms with Gasteiger partial charge in [0.25, 0.3) is 5.91 Å². The summed E-state index contributed by atoms with van der Waals surface area (Å²) in [5.74, 6) is 0.382. The topological polar surface area (TPSA) is 74.6 Å². The lowest BCUT2D eigenvalue weighted by atomic mass is 10.0. The maximum Gasteiger partial charge on any atom is 0.274 e. The number of aromatic nitrogens is 3. The second-order valence-electron chi connectivity index (χ2n) is 6.33. The van der Waals surface area contributed by atoms with Crippen LogP contribution in [0.5, 0.6) is 0 Å². The van der Waals surface area contributed by atoms with Crippen LogP contribution in [0.15, 0.2) is 40.9 Å². The molecule has 1 atom stereocenters. The number of fused-ring (bicyclic) bond motifs is 4. The Bertz CT molecular complexity index is 1040. The predicted octanol–water partition coefficient (Wildman–Crippen LogP) is 2.76. The molecule has 2 bridgehead atoms. The lowest BCUT2D eigenvalue weighted by molar-refractivity contribution is 0.102. The molecule has 0 aliphatic carbocycles. The van der Waals surface area contributed by atoms with Gasteiger partial charge < -0.3 is 15.5 Å². The normalized spacial score (nSPS) is 18.7. The van der Waals surface area contributed by atoms with Crippen molar-refractivity contribution in [3.8, 4) is 0 Å². The average Bonchev–Trinajstić information content (AvgIpc) is 3.28. The number of carbonyl (C=O) groups excluding carboxylic acids is 1. The number of anilines is 2. The van der Waals surface area contributed by atoms with Gasteiger partial charge in [-0.3, -0.25) is 4.79 Å². The summed E-state index contributed by atoms with van der Waals surface area (Å²) in [5.41, 5.74) is 3.03. The number of halogens is 1. The molecule has 0 aromatic carbocycles. The van der Waals surface area contributed by atoms with Gasteiger partial charge in [0.1, 0.15) is 5.69 Å². The molecule has 3 aliphatic heterocycles. The van der Waals surface area contributed by atoms with Crippen molar-refractivity contribution in [3.63, 3.8) is 0 Å². The van der Waals surface area contributed by atoms with Crippen LogP contribution >= 0.6 is 22.9 Å². The van der Waals surface area contributed by atoms with Crippen molar-refractivity contribution < 1.29 is 4.79 Å². The summed E-state index contributed by atoms with van der Waals surface area (Å²) >= 11 is 7.51. The minimum Gasteiger partial charge on any atom is -0.385 e. The van der Waals surface area contributed by atoms with Crippen molar-refractivity contribution in [1.29, 1.82) is 0 Å². The number of piperazine rings is 1. The van der Waals surface area contributed by atoms with Crippen LogP contribution in [-0.2, 0) is 0 Å². The summed E-state index contributed by atoms with van der Waals surface area (Å²) in [5, 5.41) is 15.0. The highest BCUT2D eigenvalue weighted by Gasteiger charge is 2.30. The Morgan fingerprint density at radius 3 is 3.00 bits per heavy atom. The number of carbonyl (C=O) groups is 1. The molecular formula is C17H15ClN6OS. The zero-order valence-corrected chi connectivity index (χ0v) is 15.2. The van der Waals surface area contributed by atoms with Crippen LogP contribution < -0.4 is 15.5 Å². The van der Waals surface area contributed by atoms with Crippen molar-refractivity contribution >= 4 is 46.0 Å². The lowest BCUT2D eigenvalue weighted by Gasteiger charge is -2.41.